The van der Waals surface area contributed by atoms with Crippen molar-refractivity contribution in [3.63, 3.8) is 0 Å². The highest BCUT2D eigenvalue weighted by Gasteiger charge is 2.76. The lowest BCUT2D eigenvalue weighted by Gasteiger charge is -2.49. The van der Waals surface area contributed by atoms with E-state index in [9.17, 15) is 44.6 Å². The number of hydrogen-bond acceptors (Lipinski definition) is 2. The maximum atomic E-state index is 13.9. The Hall–Kier alpha value is -0.710. The van der Waals surface area contributed by atoms with E-state index in [2.05, 4.69) is 4.74 Å². The highest BCUT2D eigenvalue weighted by molar-refractivity contribution is 5.08. The quantitative estimate of drug-likeness (QED) is 0.492. The molecule has 0 aromatic carbocycles. The molecule has 2 aliphatic rings. The molecule has 2 fully saturated rings. The first-order valence-electron chi connectivity index (χ1n) is 9.72. The second kappa shape index (κ2) is 7.15. The van der Waals surface area contributed by atoms with Crippen LogP contribution >= 0.6 is 0 Å². The highest BCUT2D eigenvalue weighted by atomic mass is 19.4. The van der Waals surface area contributed by atoms with Crippen LogP contribution in [-0.4, -0.2) is 40.4 Å². The third-order valence-corrected chi connectivity index (χ3v) is 7.65. The van der Waals surface area contributed by atoms with Crippen molar-refractivity contribution in [2.24, 2.45) is 29.6 Å². The maximum Gasteiger partial charge on any atom is 0.426 e. The van der Waals surface area contributed by atoms with Gasteiger partial charge in [0.1, 0.15) is 5.60 Å². The highest BCUT2D eigenvalue weighted by Crippen LogP contribution is 2.61. The Labute approximate surface area is 169 Å². The summed E-state index contributed by atoms with van der Waals surface area (Å²) in [4.78, 5) is 0. The summed E-state index contributed by atoms with van der Waals surface area (Å²) >= 11 is 0. The van der Waals surface area contributed by atoms with Crippen LogP contribution in [0.25, 0.3) is 0 Å². The molecule has 0 heterocycles. The van der Waals surface area contributed by atoms with E-state index in [1.54, 1.807) is 6.92 Å². The number of alkyl halides is 9. The van der Waals surface area contributed by atoms with E-state index in [0.717, 1.165) is 0 Å². The summed E-state index contributed by atoms with van der Waals surface area (Å²) in [5, 5.41) is 9.83. The normalized spacial score (nSPS) is 33.1. The first-order valence-corrected chi connectivity index (χ1v) is 9.72. The van der Waals surface area contributed by atoms with E-state index in [4.69, 9.17) is 0 Å². The van der Waals surface area contributed by atoms with Gasteiger partial charge in [-0.3, -0.25) is 0 Å². The fourth-order valence-corrected chi connectivity index (χ4v) is 5.12. The molecule has 2 nitrogen and oxygen atoms in total. The number of aliphatic hydroxyl groups is 1. The molecule has 2 aliphatic carbocycles. The first kappa shape index (κ1) is 25.5. The van der Waals surface area contributed by atoms with Crippen LogP contribution in [-0.2, 0) is 4.74 Å². The van der Waals surface area contributed by atoms with E-state index in [-0.39, 0.29) is 31.1 Å². The summed E-state index contributed by atoms with van der Waals surface area (Å²) in [6, 6.07) is 0. The van der Waals surface area contributed by atoms with E-state index < -0.39 is 53.6 Å². The molecule has 2 saturated carbocycles. The van der Waals surface area contributed by atoms with Crippen molar-refractivity contribution >= 4 is 0 Å². The zero-order valence-electron chi connectivity index (χ0n) is 17.3. The lowest BCUT2D eigenvalue weighted by atomic mass is 9.71. The zero-order chi connectivity index (χ0) is 23.7. The minimum absolute atomic E-state index is 0.0274. The Morgan fingerprint density at radius 2 is 1.23 bits per heavy atom. The Morgan fingerprint density at radius 3 is 1.57 bits per heavy atom. The Kier molecular flexibility index (Phi) is 6.09. The average molecular weight is 458 g/mol. The lowest BCUT2D eigenvalue weighted by molar-refractivity contribution is -0.429. The molecule has 0 spiro atoms. The molecule has 0 aromatic heterocycles. The van der Waals surface area contributed by atoms with Gasteiger partial charge in [0.25, 0.3) is 5.60 Å². The van der Waals surface area contributed by atoms with Crippen LogP contribution in [0.2, 0.25) is 0 Å². The molecule has 2 rings (SSSR count). The number of hydrogen-bond donors (Lipinski definition) is 1. The second-order valence-corrected chi connectivity index (χ2v) is 9.58. The molecule has 2 bridgehead atoms. The van der Waals surface area contributed by atoms with Gasteiger partial charge in [0.2, 0.25) is 0 Å². The van der Waals surface area contributed by atoms with Crippen molar-refractivity contribution in [1.29, 1.82) is 0 Å². The summed E-state index contributed by atoms with van der Waals surface area (Å²) in [5.41, 5.74) is -12.0. The van der Waals surface area contributed by atoms with Gasteiger partial charge in [0.15, 0.2) is 5.60 Å². The molecule has 6 atom stereocenters. The SMILES string of the molecule is CC1C2CC(CC(OC(C)(C)C(C)(O)C(F)(F)F)(C(F)(F)F)C(F)(F)F)C(C2)C1C. The van der Waals surface area contributed by atoms with Crippen LogP contribution in [0.1, 0.15) is 53.9 Å². The van der Waals surface area contributed by atoms with Crippen LogP contribution in [0.5, 0.6) is 0 Å². The van der Waals surface area contributed by atoms with Gasteiger partial charge in [-0.1, -0.05) is 13.8 Å². The summed E-state index contributed by atoms with van der Waals surface area (Å²) in [5.74, 6) is -1.37. The lowest BCUT2D eigenvalue weighted by Crippen LogP contribution is -2.68. The van der Waals surface area contributed by atoms with E-state index in [0.29, 0.717) is 20.3 Å². The molecule has 0 amide bonds. The van der Waals surface area contributed by atoms with Crippen LogP contribution in [0.15, 0.2) is 0 Å². The molecular formula is C19H27F9O2. The smallest absolute Gasteiger partial charge is 0.378 e. The van der Waals surface area contributed by atoms with Crippen LogP contribution in [0, 0.1) is 29.6 Å². The second-order valence-electron chi connectivity index (χ2n) is 9.58. The Bertz CT molecular complexity index is 617. The van der Waals surface area contributed by atoms with E-state index in [1.165, 1.54) is 0 Å². The topological polar surface area (TPSA) is 29.5 Å². The molecule has 178 valence electrons. The zero-order valence-corrected chi connectivity index (χ0v) is 17.3. The van der Waals surface area contributed by atoms with Crippen molar-refractivity contribution in [3.05, 3.63) is 0 Å². The van der Waals surface area contributed by atoms with Gasteiger partial charge in [-0.25, -0.2) is 0 Å². The molecule has 1 N–H and O–H groups in total. The number of halogens is 9. The maximum absolute atomic E-state index is 13.9. The number of fused-ring (bicyclic) bond motifs is 2. The van der Waals surface area contributed by atoms with Crippen molar-refractivity contribution in [2.45, 2.75) is 89.2 Å². The fraction of sp³-hybridized carbons (Fsp3) is 1.00. The van der Waals surface area contributed by atoms with Gasteiger partial charge in [-0.15, -0.1) is 0 Å². The standard InChI is InChI=1S/C19H27F9O2/c1-9-10(2)13-7-11(9)6-12(13)8-16(18(23,24)25,19(26,27)28)30-14(3,4)15(5,29)17(20,21)22/h9-13,29H,6-8H2,1-5H3. The van der Waals surface area contributed by atoms with Crippen molar-refractivity contribution < 1.29 is 49.4 Å². The van der Waals surface area contributed by atoms with Gasteiger partial charge >= 0.3 is 18.5 Å². The third-order valence-electron chi connectivity index (χ3n) is 7.65. The van der Waals surface area contributed by atoms with Crippen LogP contribution < -0.4 is 0 Å². The first-order chi connectivity index (χ1) is 13.1. The molecule has 0 aromatic rings. The molecule has 0 radical (unpaired) electrons. The van der Waals surface area contributed by atoms with Gasteiger partial charge in [-0.05, 0) is 69.6 Å². The fourth-order valence-electron chi connectivity index (χ4n) is 5.12. The van der Waals surface area contributed by atoms with Gasteiger partial charge in [0, 0.05) is 0 Å². The minimum atomic E-state index is -6.04. The van der Waals surface area contributed by atoms with E-state index >= 15 is 0 Å². The van der Waals surface area contributed by atoms with Crippen molar-refractivity contribution in [3.8, 4) is 0 Å². The molecular weight excluding hydrogens is 431 g/mol. The van der Waals surface area contributed by atoms with Crippen LogP contribution in [0.4, 0.5) is 39.5 Å². The third kappa shape index (κ3) is 3.82. The average Bonchev–Trinajstić information content (AvgIpc) is 3.03. The Morgan fingerprint density at radius 1 is 0.767 bits per heavy atom. The summed E-state index contributed by atoms with van der Waals surface area (Å²) in [6.45, 7) is 4.54. The van der Waals surface area contributed by atoms with E-state index in [1.807, 2.05) is 6.92 Å². The predicted octanol–water partition coefficient (Wildman–Crippen LogP) is 6.28. The molecule has 0 saturated heterocycles. The molecule has 11 heteroatoms. The predicted molar refractivity (Wildman–Crippen MR) is 89.3 cm³/mol. The summed E-state index contributed by atoms with van der Waals surface area (Å²) in [7, 11) is 0. The monoisotopic (exact) mass is 458 g/mol. The van der Waals surface area contributed by atoms with Gasteiger partial charge in [0.05, 0.1) is 0 Å². The van der Waals surface area contributed by atoms with Crippen molar-refractivity contribution in [1.82, 2.24) is 0 Å². The van der Waals surface area contributed by atoms with Crippen molar-refractivity contribution in [2.75, 3.05) is 0 Å². The summed E-state index contributed by atoms with van der Waals surface area (Å²) in [6.07, 6.45) is -18.5. The Balaban J connectivity index is 2.51. The summed E-state index contributed by atoms with van der Waals surface area (Å²) < 4.78 is 128. The van der Waals surface area contributed by atoms with Gasteiger partial charge in [-0.2, -0.15) is 39.5 Å². The molecule has 0 aliphatic heterocycles. The largest absolute Gasteiger partial charge is 0.426 e. The number of ether oxygens (including phenoxy) is 1. The number of rotatable bonds is 5. The van der Waals surface area contributed by atoms with Crippen LogP contribution in [0.3, 0.4) is 0 Å². The minimum Gasteiger partial charge on any atom is -0.378 e. The molecule has 30 heavy (non-hydrogen) atoms. The van der Waals surface area contributed by atoms with Gasteiger partial charge < -0.3 is 9.84 Å². The molecule has 6 unspecified atom stereocenters.